The highest BCUT2D eigenvalue weighted by Gasteiger charge is 2.33. The maximum atomic E-state index is 11.9. The van der Waals surface area contributed by atoms with Gasteiger partial charge < -0.3 is 4.90 Å². The summed E-state index contributed by atoms with van der Waals surface area (Å²) in [7, 11) is -3.59. The Morgan fingerprint density at radius 2 is 2.21 bits per heavy atom. The Morgan fingerprint density at radius 1 is 1.53 bits per heavy atom. The number of rotatable bonds is 3. The molecule has 1 aliphatic rings. The molecule has 1 saturated heterocycles. The number of pyridine rings is 1. The van der Waals surface area contributed by atoms with Crippen molar-refractivity contribution in [2.45, 2.75) is 6.42 Å². The summed E-state index contributed by atoms with van der Waals surface area (Å²) in [6.07, 6.45) is 0.142. The number of carbonyl (C=O) groups is 1. The van der Waals surface area contributed by atoms with Crippen molar-refractivity contribution in [3.8, 4) is 0 Å². The third-order valence-electron chi connectivity index (χ3n) is 2.76. The molecule has 1 unspecified atom stereocenters. The van der Waals surface area contributed by atoms with E-state index in [1.165, 1.54) is 4.90 Å². The number of halogens is 2. The van der Waals surface area contributed by atoms with Gasteiger partial charge in [0.2, 0.25) is 15.9 Å². The molecular weight excluding hydrogens is 358 g/mol. The second kappa shape index (κ2) is 5.35. The highest BCUT2D eigenvalue weighted by atomic mass is 79.9. The average Bonchev–Trinajstić information content (AvgIpc) is 2.56. The molecule has 104 valence electrons. The zero-order valence-electron chi connectivity index (χ0n) is 9.71. The predicted octanol–water partition coefficient (Wildman–Crippen LogP) is 1.14. The molecule has 1 amide bonds. The van der Waals surface area contributed by atoms with Gasteiger partial charge in [0.15, 0.2) is 5.15 Å². The first-order valence-corrected chi connectivity index (χ1v) is 8.28. The number of aromatic nitrogens is 1. The molecule has 0 aromatic carbocycles. The average molecular weight is 369 g/mol. The summed E-state index contributed by atoms with van der Waals surface area (Å²) in [5.41, 5.74) is 0.479. The number of carbonyl (C=O) groups excluding carboxylic acids is 1. The van der Waals surface area contributed by atoms with E-state index in [0.717, 1.165) is 0 Å². The first-order valence-electron chi connectivity index (χ1n) is 5.39. The van der Waals surface area contributed by atoms with E-state index in [1.54, 1.807) is 12.1 Å². The van der Waals surface area contributed by atoms with Gasteiger partial charge in [-0.2, -0.15) is 0 Å². The molecule has 2 heterocycles. The minimum Gasteiger partial charge on any atom is -0.309 e. The molecular formula is C10H11BrClN3O3S. The summed E-state index contributed by atoms with van der Waals surface area (Å²) < 4.78 is 22.7. The lowest BCUT2D eigenvalue weighted by atomic mass is 10.1. The van der Waals surface area contributed by atoms with E-state index >= 15 is 0 Å². The van der Waals surface area contributed by atoms with Crippen LogP contribution in [0.4, 0.5) is 5.69 Å². The van der Waals surface area contributed by atoms with Crippen molar-refractivity contribution in [1.82, 2.24) is 4.98 Å². The zero-order chi connectivity index (χ0) is 14.2. The number of primary sulfonamides is 1. The Balaban J connectivity index is 2.20. The van der Waals surface area contributed by atoms with Gasteiger partial charge in [-0.15, -0.1) is 0 Å². The largest absolute Gasteiger partial charge is 0.309 e. The molecule has 1 fully saturated rings. The van der Waals surface area contributed by atoms with Gasteiger partial charge in [0.25, 0.3) is 0 Å². The molecule has 9 heteroatoms. The van der Waals surface area contributed by atoms with Gasteiger partial charge in [0, 0.05) is 18.9 Å². The van der Waals surface area contributed by atoms with Gasteiger partial charge in [-0.05, 0) is 28.1 Å². The standard InChI is InChI=1S/C10H11BrClN3O3S/c11-8-2-1-7(10(12)14-8)15-4-6(3-9(15)16)5-19(13,17)18/h1-2,6H,3-5H2,(H2,13,17,18). The molecule has 0 saturated carbocycles. The van der Waals surface area contributed by atoms with Crippen LogP contribution in [-0.2, 0) is 14.8 Å². The van der Waals surface area contributed by atoms with Crippen LogP contribution in [-0.4, -0.2) is 31.6 Å². The molecule has 0 radical (unpaired) electrons. The van der Waals surface area contributed by atoms with Crippen LogP contribution in [0.3, 0.4) is 0 Å². The lowest BCUT2D eigenvalue weighted by Crippen LogP contribution is -2.27. The topological polar surface area (TPSA) is 93.4 Å². The summed E-state index contributed by atoms with van der Waals surface area (Å²) in [5.74, 6) is -0.710. The number of sulfonamides is 1. The number of anilines is 1. The number of nitrogens with zero attached hydrogens (tertiary/aromatic N) is 2. The van der Waals surface area contributed by atoms with Crippen molar-refractivity contribution in [1.29, 1.82) is 0 Å². The van der Waals surface area contributed by atoms with Crippen molar-refractivity contribution in [3.05, 3.63) is 21.9 Å². The van der Waals surface area contributed by atoms with Gasteiger partial charge in [0.05, 0.1) is 11.4 Å². The lowest BCUT2D eigenvalue weighted by Gasteiger charge is -2.17. The van der Waals surface area contributed by atoms with Crippen LogP contribution in [0.25, 0.3) is 0 Å². The van der Waals surface area contributed by atoms with Gasteiger partial charge in [0.1, 0.15) is 4.60 Å². The monoisotopic (exact) mass is 367 g/mol. The molecule has 6 nitrogen and oxygen atoms in total. The quantitative estimate of drug-likeness (QED) is 0.810. The Hall–Kier alpha value is -0.700. The van der Waals surface area contributed by atoms with Crippen molar-refractivity contribution in [2.75, 3.05) is 17.2 Å². The van der Waals surface area contributed by atoms with Gasteiger partial charge in [-0.25, -0.2) is 18.5 Å². The van der Waals surface area contributed by atoms with Gasteiger partial charge in [-0.1, -0.05) is 11.6 Å². The summed E-state index contributed by atoms with van der Waals surface area (Å²) in [6, 6.07) is 3.33. The van der Waals surface area contributed by atoms with Gasteiger partial charge in [-0.3, -0.25) is 4.79 Å². The molecule has 1 atom stereocenters. The fourth-order valence-corrected chi connectivity index (χ4v) is 3.61. The van der Waals surface area contributed by atoms with E-state index in [0.29, 0.717) is 10.3 Å². The van der Waals surface area contributed by atoms with Crippen LogP contribution < -0.4 is 10.0 Å². The molecule has 0 spiro atoms. The highest BCUT2D eigenvalue weighted by molar-refractivity contribution is 9.10. The molecule has 2 N–H and O–H groups in total. The maximum Gasteiger partial charge on any atom is 0.227 e. The van der Waals surface area contributed by atoms with Crippen LogP contribution in [0, 0.1) is 5.92 Å². The number of nitrogens with two attached hydrogens (primary N) is 1. The van der Waals surface area contributed by atoms with E-state index in [1.807, 2.05) is 0 Å². The highest BCUT2D eigenvalue weighted by Crippen LogP contribution is 2.31. The van der Waals surface area contributed by atoms with E-state index in [2.05, 4.69) is 20.9 Å². The molecule has 1 aliphatic heterocycles. The van der Waals surface area contributed by atoms with E-state index < -0.39 is 10.0 Å². The van der Waals surface area contributed by atoms with Gasteiger partial charge >= 0.3 is 0 Å². The maximum absolute atomic E-state index is 11.9. The summed E-state index contributed by atoms with van der Waals surface area (Å²) in [5, 5.41) is 5.19. The molecule has 0 bridgehead atoms. The first-order chi connectivity index (χ1) is 8.76. The minimum atomic E-state index is -3.59. The smallest absolute Gasteiger partial charge is 0.227 e. The fraction of sp³-hybridized carbons (Fsp3) is 0.400. The molecule has 2 rings (SSSR count). The van der Waals surface area contributed by atoms with Crippen LogP contribution in [0.1, 0.15) is 6.42 Å². The third kappa shape index (κ3) is 3.65. The van der Waals surface area contributed by atoms with Crippen molar-refractivity contribution < 1.29 is 13.2 Å². The normalized spacial score (nSPS) is 20.1. The molecule has 1 aromatic rings. The number of hydrogen-bond donors (Lipinski definition) is 1. The zero-order valence-corrected chi connectivity index (χ0v) is 12.9. The van der Waals surface area contributed by atoms with Crippen LogP contribution in [0.5, 0.6) is 0 Å². The van der Waals surface area contributed by atoms with Crippen molar-refractivity contribution in [2.24, 2.45) is 11.1 Å². The fourth-order valence-electron chi connectivity index (χ4n) is 2.06. The Labute approximate surface area is 124 Å². The number of amides is 1. The minimum absolute atomic E-state index is 0.142. The Bertz CT molecular complexity index is 622. The van der Waals surface area contributed by atoms with Crippen molar-refractivity contribution >= 4 is 49.1 Å². The Kier molecular flexibility index (Phi) is 4.14. The van der Waals surface area contributed by atoms with Crippen LogP contribution in [0.2, 0.25) is 5.15 Å². The lowest BCUT2D eigenvalue weighted by molar-refractivity contribution is -0.117. The van der Waals surface area contributed by atoms with E-state index in [4.69, 9.17) is 16.7 Å². The molecule has 0 aliphatic carbocycles. The SMILES string of the molecule is NS(=O)(=O)CC1CC(=O)N(c2ccc(Br)nc2Cl)C1. The second-order valence-electron chi connectivity index (χ2n) is 4.35. The molecule has 1 aromatic heterocycles. The van der Waals surface area contributed by atoms with Crippen molar-refractivity contribution in [3.63, 3.8) is 0 Å². The Morgan fingerprint density at radius 3 is 2.79 bits per heavy atom. The second-order valence-corrected chi connectivity index (χ2v) is 7.18. The van der Waals surface area contributed by atoms with E-state index in [9.17, 15) is 13.2 Å². The molecule has 19 heavy (non-hydrogen) atoms. The third-order valence-corrected chi connectivity index (χ3v) is 4.41. The first kappa shape index (κ1) is 14.7. The predicted molar refractivity (Wildman–Crippen MR) is 75.4 cm³/mol. The summed E-state index contributed by atoms with van der Waals surface area (Å²) in [6.45, 7) is 0.276. The van der Waals surface area contributed by atoms with E-state index in [-0.39, 0.29) is 35.7 Å². The summed E-state index contributed by atoms with van der Waals surface area (Å²) in [4.78, 5) is 17.3. The summed E-state index contributed by atoms with van der Waals surface area (Å²) >= 11 is 9.15. The van der Waals surface area contributed by atoms with Crippen LogP contribution >= 0.6 is 27.5 Å². The van der Waals surface area contributed by atoms with Crippen LogP contribution in [0.15, 0.2) is 16.7 Å². The number of hydrogen-bond acceptors (Lipinski definition) is 4.